The maximum absolute atomic E-state index is 11.4. The number of aromatic nitrogens is 2. The first-order valence-electron chi connectivity index (χ1n) is 5.10. The minimum Gasteiger partial charge on any atom is -0.461 e. The van der Waals surface area contributed by atoms with Gasteiger partial charge in [-0.2, -0.15) is 0 Å². The van der Waals surface area contributed by atoms with Crippen LogP contribution in [0.5, 0.6) is 0 Å². The van der Waals surface area contributed by atoms with Gasteiger partial charge < -0.3 is 15.8 Å². The third-order valence-electron chi connectivity index (χ3n) is 1.91. The summed E-state index contributed by atoms with van der Waals surface area (Å²) in [5, 5.41) is 2.67. The minimum atomic E-state index is -0.618. The molecule has 92 valence electrons. The van der Waals surface area contributed by atoms with Crippen LogP contribution in [0.4, 0.5) is 5.95 Å². The summed E-state index contributed by atoms with van der Waals surface area (Å²) in [4.78, 5) is 30.0. The number of carbonyl (C=O) groups is 2. The molecule has 3 N–H and O–H groups in total. The smallest absolute Gasteiger partial charge is 0.357 e. The van der Waals surface area contributed by atoms with Crippen LogP contribution in [-0.2, 0) is 9.53 Å². The van der Waals surface area contributed by atoms with Crippen molar-refractivity contribution >= 4 is 17.8 Å². The standard InChI is InChI=1S/C10H14N4O3/c1-3-17-9(16)7-4-5-12-10(14-7)13-6(2)8(11)15/h4-6H,3H2,1-2H3,(H2,11,15)(H,12,13,14)/t6-/m1/s1. The molecule has 1 amide bonds. The fourth-order valence-corrected chi connectivity index (χ4v) is 1.01. The van der Waals surface area contributed by atoms with Gasteiger partial charge >= 0.3 is 5.97 Å². The Morgan fingerprint density at radius 1 is 1.59 bits per heavy atom. The summed E-state index contributed by atoms with van der Waals surface area (Å²) in [6, 6.07) is 0.811. The first kappa shape index (κ1) is 12.9. The Labute approximate surface area is 98.4 Å². The van der Waals surface area contributed by atoms with Gasteiger partial charge in [0.15, 0.2) is 5.69 Å². The van der Waals surface area contributed by atoms with Crippen molar-refractivity contribution in [1.82, 2.24) is 9.97 Å². The monoisotopic (exact) mass is 238 g/mol. The van der Waals surface area contributed by atoms with E-state index < -0.39 is 17.9 Å². The van der Waals surface area contributed by atoms with Crippen molar-refractivity contribution in [1.29, 1.82) is 0 Å². The van der Waals surface area contributed by atoms with E-state index in [9.17, 15) is 9.59 Å². The summed E-state index contributed by atoms with van der Waals surface area (Å²) in [6.45, 7) is 3.54. The van der Waals surface area contributed by atoms with E-state index in [2.05, 4.69) is 15.3 Å². The number of carbonyl (C=O) groups excluding carboxylic acids is 2. The van der Waals surface area contributed by atoms with E-state index in [1.807, 2.05) is 0 Å². The van der Waals surface area contributed by atoms with E-state index in [4.69, 9.17) is 10.5 Å². The van der Waals surface area contributed by atoms with Crippen molar-refractivity contribution in [2.24, 2.45) is 5.73 Å². The van der Waals surface area contributed by atoms with Gasteiger partial charge in [-0.25, -0.2) is 14.8 Å². The van der Waals surface area contributed by atoms with E-state index in [1.165, 1.54) is 12.3 Å². The number of ether oxygens (including phenoxy) is 1. The quantitative estimate of drug-likeness (QED) is 0.696. The molecular formula is C10H14N4O3. The SMILES string of the molecule is CCOC(=O)c1ccnc(N[C@H](C)C(N)=O)n1. The van der Waals surface area contributed by atoms with Crippen LogP contribution in [0.1, 0.15) is 24.3 Å². The van der Waals surface area contributed by atoms with Crippen LogP contribution in [0.15, 0.2) is 12.3 Å². The van der Waals surface area contributed by atoms with E-state index in [0.717, 1.165) is 0 Å². The molecule has 0 bridgehead atoms. The van der Waals surface area contributed by atoms with Crippen LogP contribution in [0.25, 0.3) is 0 Å². The van der Waals surface area contributed by atoms with Gasteiger partial charge in [-0.1, -0.05) is 0 Å². The number of hydrogen-bond donors (Lipinski definition) is 2. The van der Waals surface area contributed by atoms with Crippen molar-refractivity contribution in [2.45, 2.75) is 19.9 Å². The fourth-order valence-electron chi connectivity index (χ4n) is 1.01. The highest BCUT2D eigenvalue weighted by Crippen LogP contribution is 2.03. The molecule has 0 aliphatic rings. The Balaban J connectivity index is 2.79. The third-order valence-corrected chi connectivity index (χ3v) is 1.91. The second kappa shape index (κ2) is 5.78. The highest BCUT2D eigenvalue weighted by atomic mass is 16.5. The highest BCUT2D eigenvalue weighted by molar-refractivity contribution is 5.87. The molecule has 0 aliphatic carbocycles. The fraction of sp³-hybridized carbons (Fsp3) is 0.400. The summed E-state index contributed by atoms with van der Waals surface area (Å²) in [6.07, 6.45) is 1.40. The summed E-state index contributed by atoms with van der Waals surface area (Å²) in [5.74, 6) is -0.915. The predicted molar refractivity (Wildman–Crippen MR) is 60.3 cm³/mol. The van der Waals surface area contributed by atoms with E-state index in [0.29, 0.717) is 0 Å². The summed E-state index contributed by atoms with van der Waals surface area (Å²) in [7, 11) is 0. The Kier molecular flexibility index (Phi) is 4.38. The van der Waals surface area contributed by atoms with Crippen LogP contribution >= 0.6 is 0 Å². The van der Waals surface area contributed by atoms with Gasteiger partial charge in [-0.05, 0) is 19.9 Å². The van der Waals surface area contributed by atoms with Crippen molar-refractivity contribution in [3.8, 4) is 0 Å². The van der Waals surface area contributed by atoms with Gasteiger partial charge in [0.2, 0.25) is 11.9 Å². The second-order valence-corrected chi connectivity index (χ2v) is 3.25. The van der Waals surface area contributed by atoms with Crippen molar-refractivity contribution in [3.63, 3.8) is 0 Å². The second-order valence-electron chi connectivity index (χ2n) is 3.25. The number of nitrogens with two attached hydrogens (primary N) is 1. The topological polar surface area (TPSA) is 107 Å². The molecule has 7 nitrogen and oxygen atoms in total. The van der Waals surface area contributed by atoms with Crippen molar-refractivity contribution in [2.75, 3.05) is 11.9 Å². The minimum absolute atomic E-state index is 0.126. The number of nitrogens with one attached hydrogen (secondary N) is 1. The van der Waals surface area contributed by atoms with Gasteiger partial charge in [0, 0.05) is 6.20 Å². The molecule has 0 radical (unpaired) electrons. The van der Waals surface area contributed by atoms with Crippen LogP contribution in [0.3, 0.4) is 0 Å². The molecule has 7 heteroatoms. The number of rotatable bonds is 5. The number of hydrogen-bond acceptors (Lipinski definition) is 6. The molecule has 0 fully saturated rings. The summed E-state index contributed by atoms with van der Waals surface area (Å²) in [5.41, 5.74) is 5.21. The normalized spacial score (nSPS) is 11.6. The van der Waals surface area contributed by atoms with Gasteiger partial charge in [0.05, 0.1) is 6.61 Å². The maximum atomic E-state index is 11.4. The lowest BCUT2D eigenvalue weighted by atomic mass is 10.3. The lowest BCUT2D eigenvalue weighted by Crippen LogP contribution is -2.33. The van der Waals surface area contributed by atoms with Crippen molar-refractivity contribution in [3.05, 3.63) is 18.0 Å². The van der Waals surface area contributed by atoms with Gasteiger partial charge in [-0.15, -0.1) is 0 Å². The zero-order chi connectivity index (χ0) is 12.8. The average Bonchev–Trinajstić information content (AvgIpc) is 2.29. The Morgan fingerprint density at radius 3 is 2.88 bits per heavy atom. The van der Waals surface area contributed by atoms with Crippen LogP contribution in [0, 0.1) is 0 Å². The molecule has 0 aromatic carbocycles. The summed E-state index contributed by atoms with van der Waals surface area (Å²) >= 11 is 0. The third kappa shape index (κ3) is 3.71. The maximum Gasteiger partial charge on any atom is 0.357 e. The van der Waals surface area contributed by atoms with Gasteiger partial charge in [0.25, 0.3) is 0 Å². The van der Waals surface area contributed by atoms with E-state index in [-0.39, 0.29) is 18.2 Å². The van der Waals surface area contributed by atoms with Crippen LogP contribution < -0.4 is 11.1 Å². The molecule has 1 aromatic heterocycles. The van der Waals surface area contributed by atoms with E-state index in [1.54, 1.807) is 13.8 Å². The molecule has 0 spiro atoms. The molecule has 0 saturated carbocycles. The first-order chi connectivity index (χ1) is 8.04. The molecule has 1 rings (SSSR count). The summed E-state index contributed by atoms with van der Waals surface area (Å²) < 4.78 is 4.79. The lowest BCUT2D eigenvalue weighted by Gasteiger charge is -2.10. The molecule has 1 aromatic rings. The van der Waals surface area contributed by atoms with Gasteiger partial charge in [-0.3, -0.25) is 4.79 Å². The molecule has 0 aliphatic heterocycles. The number of amides is 1. The van der Waals surface area contributed by atoms with Crippen LogP contribution in [-0.4, -0.2) is 34.5 Å². The lowest BCUT2D eigenvalue weighted by molar-refractivity contribution is -0.118. The molecule has 0 saturated heterocycles. The number of nitrogens with zero attached hydrogens (tertiary/aromatic N) is 2. The molecular weight excluding hydrogens is 224 g/mol. The number of primary amides is 1. The Bertz CT molecular complexity index is 422. The number of esters is 1. The van der Waals surface area contributed by atoms with Crippen molar-refractivity contribution < 1.29 is 14.3 Å². The zero-order valence-corrected chi connectivity index (χ0v) is 9.64. The average molecular weight is 238 g/mol. The highest BCUT2D eigenvalue weighted by Gasteiger charge is 2.12. The molecule has 17 heavy (non-hydrogen) atoms. The van der Waals surface area contributed by atoms with Crippen LogP contribution in [0.2, 0.25) is 0 Å². The van der Waals surface area contributed by atoms with E-state index >= 15 is 0 Å². The Hall–Kier alpha value is -2.18. The largest absolute Gasteiger partial charge is 0.461 e. The number of anilines is 1. The zero-order valence-electron chi connectivity index (χ0n) is 9.64. The molecule has 0 unspecified atom stereocenters. The predicted octanol–water partition coefficient (Wildman–Crippen LogP) is -0.0610. The molecule has 1 atom stereocenters. The first-order valence-corrected chi connectivity index (χ1v) is 5.10. The van der Waals surface area contributed by atoms with Gasteiger partial charge in [0.1, 0.15) is 6.04 Å². The molecule has 1 heterocycles. The Morgan fingerprint density at radius 2 is 2.29 bits per heavy atom.